The Morgan fingerprint density at radius 2 is 1.96 bits per heavy atom. The lowest BCUT2D eigenvalue weighted by Crippen LogP contribution is -2.67. The van der Waals surface area contributed by atoms with Crippen LogP contribution in [-0.2, 0) is 24.1 Å². The predicted molar refractivity (Wildman–Crippen MR) is 170 cm³/mol. The third kappa shape index (κ3) is 6.22. The number of aryl methyl sites for hydroxylation is 1. The molecule has 10 nitrogen and oxygen atoms in total. The van der Waals surface area contributed by atoms with E-state index in [0.717, 1.165) is 89.5 Å². The molecule has 0 bridgehead atoms. The second kappa shape index (κ2) is 12.4. The Bertz CT molecular complexity index is 1450. The lowest BCUT2D eigenvalue weighted by Gasteiger charge is -2.59. The minimum atomic E-state index is -0.332. The van der Waals surface area contributed by atoms with Crippen LogP contribution in [0.1, 0.15) is 49.4 Å². The van der Waals surface area contributed by atoms with E-state index in [1.54, 1.807) is 6.07 Å². The number of rotatable bonds is 9. The van der Waals surface area contributed by atoms with Gasteiger partial charge in [-0.25, -0.2) is 9.38 Å². The number of hydrogen-bond donors (Lipinski definition) is 2. The van der Waals surface area contributed by atoms with Crippen LogP contribution in [0.4, 0.5) is 4.39 Å². The summed E-state index contributed by atoms with van der Waals surface area (Å²) in [5.74, 6) is 1.28. The molecule has 5 heterocycles. The topological polar surface area (TPSA) is 110 Å². The molecule has 45 heavy (non-hydrogen) atoms. The summed E-state index contributed by atoms with van der Waals surface area (Å²) in [6.45, 7) is 11.9. The van der Waals surface area contributed by atoms with Gasteiger partial charge < -0.3 is 24.0 Å². The average molecular weight is 618 g/mol. The number of nitrogens with one attached hydrogen (secondary N) is 2. The van der Waals surface area contributed by atoms with E-state index in [9.17, 15) is 4.39 Å². The molecule has 4 aliphatic heterocycles. The van der Waals surface area contributed by atoms with Crippen molar-refractivity contribution in [2.75, 3.05) is 59.0 Å². The van der Waals surface area contributed by atoms with Gasteiger partial charge in [0.25, 0.3) is 5.90 Å². The van der Waals surface area contributed by atoms with Gasteiger partial charge in [-0.2, -0.15) is 0 Å². The maximum atomic E-state index is 13.7. The van der Waals surface area contributed by atoms with Crippen molar-refractivity contribution < 1.29 is 18.6 Å². The van der Waals surface area contributed by atoms with Gasteiger partial charge in [0.15, 0.2) is 5.84 Å². The fourth-order valence-corrected chi connectivity index (χ4v) is 8.01. The van der Waals surface area contributed by atoms with Gasteiger partial charge in [-0.1, -0.05) is 6.92 Å². The minimum absolute atomic E-state index is 0.122. The Hall–Kier alpha value is -3.41. The van der Waals surface area contributed by atoms with Crippen molar-refractivity contribution in [2.45, 2.75) is 58.1 Å². The summed E-state index contributed by atoms with van der Waals surface area (Å²) in [6.07, 6.45) is 8.80. The van der Waals surface area contributed by atoms with Crippen molar-refractivity contribution in [3.05, 3.63) is 53.1 Å². The molecule has 2 aromatic rings. The van der Waals surface area contributed by atoms with Crippen LogP contribution in [0, 0.1) is 27.5 Å². The van der Waals surface area contributed by atoms with Gasteiger partial charge in [0.1, 0.15) is 29.8 Å². The molecule has 1 aromatic carbocycles. The van der Waals surface area contributed by atoms with Crippen molar-refractivity contribution >= 4 is 18.1 Å². The van der Waals surface area contributed by atoms with Crippen LogP contribution in [0.25, 0.3) is 0 Å². The first-order chi connectivity index (χ1) is 21.9. The molecule has 1 aliphatic carbocycles. The number of ether oxygens (including phenoxy) is 3. The fourth-order valence-electron chi connectivity index (χ4n) is 8.01. The number of nitrogens with zero attached hydrogens (tertiary/aromatic N) is 5. The first-order valence-corrected chi connectivity index (χ1v) is 16.4. The minimum Gasteiger partial charge on any atom is -0.490 e. The first kappa shape index (κ1) is 30.3. The summed E-state index contributed by atoms with van der Waals surface area (Å²) in [5, 5.41) is 16.1. The Labute approximate surface area is 264 Å². The molecule has 2 spiro atoms. The molecular formula is C34H44FN7O3. The lowest BCUT2D eigenvalue weighted by molar-refractivity contribution is -0.0924. The predicted octanol–water partition coefficient (Wildman–Crippen LogP) is 4.16. The summed E-state index contributed by atoms with van der Waals surface area (Å²) in [4.78, 5) is 16.0. The summed E-state index contributed by atoms with van der Waals surface area (Å²) in [5.41, 5.74) is 3.67. The second-order valence-electron chi connectivity index (χ2n) is 13.8. The summed E-state index contributed by atoms with van der Waals surface area (Å²) < 4.78 is 31.7. The van der Waals surface area contributed by atoms with Crippen molar-refractivity contribution in [1.29, 1.82) is 10.8 Å². The Kier molecular flexibility index (Phi) is 8.35. The molecule has 7 rings (SSSR count). The standard InChI is InChI=1S/C34H44FN7O3/c1-2-24-14-25(35)4-5-29(24)45-31(37)32(39-23-36)42-20-34(21-42)15-26(16-34)44-30-6-9-38-28-7-12-40(17-27(28)30)10-3-11-41-18-33(19-41)8-13-43-22-33/h4-6,9,14,23,26,36-37H,2-3,7-8,10-13,15-22H2,1H3. The Morgan fingerprint density at radius 1 is 1.13 bits per heavy atom. The van der Waals surface area contributed by atoms with Crippen LogP contribution >= 0.6 is 0 Å². The zero-order chi connectivity index (χ0) is 31.0. The molecule has 0 radical (unpaired) electrons. The van der Waals surface area contributed by atoms with Crippen molar-refractivity contribution in [2.24, 2.45) is 15.8 Å². The molecular weight excluding hydrogens is 573 g/mol. The van der Waals surface area contributed by atoms with Crippen molar-refractivity contribution in [3.8, 4) is 11.5 Å². The van der Waals surface area contributed by atoms with Crippen LogP contribution in [0.5, 0.6) is 11.5 Å². The maximum Gasteiger partial charge on any atom is 0.255 e. The number of halogens is 1. The van der Waals surface area contributed by atoms with E-state index in [1.165, 1.54) is 43.6 Å². The van der Waals surface area contributed by atoms with Crippen LogP contribution in [0.15, 0.2) is 35.5 Å². The van der Waals surface area contributed by atoms with Crippen molar-refractivity contribution in [3.63, 3.8) is 0 Å². The van der Waals surface area contributed by atoms with Gasteiger partial charge in [-0.05, 0) is 75.0 Å². The quantitative estimate of drug-likeness (QED) is 0.321. The van der Waals surface area contributed by atoms with E-state index in [2.05, 4.69) is 19.8 Å². The normalized spacial score (nSPS) is 22.4. The molecule has 0 amide bonds. The van der Waals surface area contributed by atoms with E-state index in [4.69, 9.17) is 25.0 Å². The van der Waals surface area contributed by atoms with Crippen LogP contribution in [0.3, 0.4) is 0 Å². The first-order valence-electron chi connectivity index (χ1n) is 16.4. The molecule has 240 valence electrons. The number of aromatic nitrogens is 1. The van der Waals surface area contributed by atoms with E-state index in [-0.39, 0.29) is 23.2 Å². The molecule has 5 aliphatic rings. The summed E-state index contributed by atoms with van der Waals surface area (Å²) in [7, 11) is 0. The monoisotopic (exact) mass is 617 g/mol. The summed E-state index contributed by atoms with van der Waals surface area (Å²) in [6, 6.07) is 6.32. The number of benzene rings is 1. The fraction of sp³-hybridized carbons (Fsp3) is 0.588. The van der Waals surface area contributed by atoms with Crippen LogP contribution in [-0.4, -0.2) is 103 Å². The van der Waals surface area contributed by atoms with E-state index in [1.807, 2.05) is 24.1 Å². The molecule has 1 aromatic heterocycles. The smallest absolute Gasteiger partial charge is 0.255 e. The van der Waals surface area contributed by atoms with Gasteiger partial charge in [0.05, 0.1) is 6.61 Å². The largest absolute Gasteiger partial charge is 0.490 e. The van der Waals surface area contributed by atoms with Gasteiger partial charge in [0, 0.05) is 80.6 Å². The highest BCUT2D eigenvalue weighted by Crippen LogP contribution is 2.50. The molecule has 1 saturated carbocycles. The highest BCUT2D eigenvalue weighted by molar-refractivity contribution is 6.38. The number of pyridine rings is 1. The number of likely N-dealkylation sites (tertiary alicyclic amines) is 2. The summed E-state index contributed by atoms with van der Waals surface area (Å²) >= 11 is 0. The Morgan fingerprint density at radius 3 is 2.71 bits per heavy atom. The number of fused-ring (bicyclic) bond motifs is 1. The SMILES string of the molecule is CCc1cc(F)ccc1OC(=N)C(=NC=N)N1CC2(CC(Oc3ccnc4c3CN(CCCN3CC5(CCOC5)C3)CC4)C2)C1. The van der Waals surface area contributed by atoms with Crippen molar-refractivity contribution in [1.82, 2.24) is 19.7 Å². The van der Waals surface area contributed by atoms with E-state index < -0.39 is 0 Å². The lowest BCUT2D eigenvalue weighted by atomic mass is 9.61. The highest BCUT2D eigenvalue weighted by atomic mass is 19.1. The third-order valence-electron chi connectivity index (χ3n) is 10.4. The number of aliphatic imine (C=N–C) groups is 1. The van der Waals surface area contributed by atoms with Crippen LogP contribution in [0.2, 0.25) is 0 Å². The number of amidine groups is 1. The second-order valence-corrected chi connectivity index (χ2v) is 13.8. The number of hydrogen-bond acceptors (Lipinski definition) is 8. The van der Waals surface area contributed by atoms with E-state index in [0.29, 0.717) is 29.0 Å². The highest BCUT2D eigenvalue weighted by Gasteiger charge is 2.55. The van der Waals surface area contributed by atoms with E-state index >= 15 is 0 Å². The molecule has 11 heteroatoms. The van der Waals surface area contributed by atoms with Gasteiger partial charge in [-0.15, -0.1) is 0 Å². The van der Waals surface area contributed by atoms with Gasteiger partial charge >= 0.3 is 0 Å². The molecule has 3 saturated heterocycles. The van der Waals surface area contributed by atoms with Gasteiger partial charge in [0.2, 0.25) is 0 Å². The van der Waals surface area contributed by atoms with Crippen LogP contribution < -0.4 is 9.47 Å². The third-order valence-corrected chi connectivity index (χ3v) is 10.4. The average Bonchev–Trinajstić information content (AvgIpc) is 3.48. The Balaban J connectivity index is 0.887. The molecule has 0 unspecified atom stereocenters. The molecule has 4 fully saturated rings. The molecule has 0 atom stereocenters. The molecule has 2 N–H and O–H groups in total. The maximum absolute atomic E-state index is 13.7. The zero-order valence-electron chi connectivity index (χ0n) is 26.2. The zero-order valence-corrected chi connectivity index (χ0v) is 26.2. The van der Waals surface area contributed by atoms with Gasteiger partial charge in [-0.3, -0.25) is 20.7 Å².